The number of benzene rings is 1. The molecule has 0 saturated heterocycles. The molecule has 45 heavy (non-hydrogen) atoms. The van der Waals surface area contributed by atoms with E-state index in [0.29, 0.717) is 0 Å². The molecule has 1 N–H and O–H groups in total. The van der Waals surface area contributed by atoms with Crippen molar-refractivity contribution in [2.24, 2.45) is 5.41 Å². The maximum absolute atomic E-state index is 15.2. The first-order chi connectivity index (χ1) is 20.9. The zero-order valence-corrected chi connectivity index (χ0v) is 28.2. The van der Waals surface area contributed by atoms with Crippen molar-refractivity contribution in [1.29, 1.82) is 0 Å². The minimum atomic E-state index is -4.15. The second-order valence-electron chi connectivity index (χ2n) is 12.2. The molecule has 14 heteroatoms. The van der Waals surface area contributed by atoms with E-state index in [-0.39, 0.29) is 45.3 Å². The van der Waals surface area contributed by atoms with Gasteiger partial charge in [-0.3, -0.25) is 4.57 Å². The number of halogens is 2. The number of anilines is 1. The predicted octanol–water partition coefficient (Wildman–Crippen LogP) is 7.70. The molecule has 0 saturated carbocycles. The zero-order valence-electron chi connectivity index (χ0n) is 26.4. The van der Waals surface area contributed by atoms with Crippen molar-refractivity contribution in [3.8, 4) is 11.4 Å². The molecule has 242 valence electrons. The van der Waals surface area contributed by atoms with Crippen LogP contribution in [0.3, 0.4) is 0 Å². The number of pyridine rings is 1. The fourth-order valence-electron chi connectivity index (χ4n) is 4.41. The number of rotatable bonds is 11. The highest BCUT2D eigenvalue weighted by Gasteiger charge is 2.30. The van der Waals surface area contributed by atoms with E-state index in [0.717, 1.165) is 28.0 Å². The summed E-state index contributed by atoms with van der Waals surface area (Å²) in [4.78, 5) is 12.5. The fraction of sp³-hybridized carbons (Fsp3) is 0.387. The molecule has 0 amide bonds. The lowest BCUT2D eigenvalue weighted by atomic mass is 9.87. The quantitative estimate of drug-likeness (QED) is 0.161. The number of nitrogens with one attached hydrogen (secondary N) is 1. The van der Waals surface area contributed by atoms with Gasteiger partial charge in [0.2, 0.25) is 0 Å². The standard InChI is InChI=1S/C31H38F2N5O5PS/c1-19(2)42-44(39,43-20(3)4)14-13-27(31(6,7)8)36-29-26(33)17-34-28(37-29)25-18-38(30-24(25)15-22(32)16-35-30)45(40,41)23-11-9-21(5)10-12-23/h9-20,27H,1-8H3,(H,34,36,37). The molecule has 0 bridgehead atoms. The molecule has 1 unspecified atom stereocenters. The Bertz CT molecular complexity index is 1860. The molecule has 0 aliphatic heterocycles. The largest absolute Gasteiger partial charge is 0.361 e. The molecule has 3 heterocycles. The Morgan fingerprint density at radius 3 is 2.20 bits per heavy atom. The van der Waals surface area contributed by atoms with Crippen LogP contribution in [-0.4, -0.2) is 45.6 Å². The van der Waals surface area contributed by atoms with Gasteiger partial charge in [0.15, 0.2) is 23.1 Å². The molecular formula is C31H38F2N5O5PS. The van der Waals surface area contributed by atoms with Crippen LogP contribution in [0.4, 0.5) is 14.6 Å². The molecule has 1 aromatic carbocycles. The van der Waals surface area contributed by atoms with Gasteiger partial charge in [-0.25, -0.2) is 36.1 Å². The molecular weight excluding hydrogens is 623 g/mol. The lowest BCUT2D eigenvalue weighted by Crippen LogP contribution is -2.33. The van der Waals surface area contributed by atoms with Gasteiger partial charge in [-0.05, 0) is 58.2 Å². The summed E-state index contributed by atoms with van der Waals surface area (Å²) in [6, 6.07) is 6.76. The topological polar surface area (TPSA) is 125 Å². The van der Waals surface area contributed by atoms with Crippen molar-refractivity contribution < 1.29 is 30.8 Å². The van der Waals surface area contributed by atoms with Crippen LogP contribution in [0.5, 0.6) is 0 Å². The van der Waals surface area contributed by atoms with Crippen molar-refractivity contribution in [3.63, 3.8) is 0 Å². The summed E-state index contributed by atoms with van der Waals surface area (Å²) in [5.74, 6) is -0.414. The van der Waals surface area contributed by atoms with Crippen LogP contribution in [0.1, 0.15) is 54.0 Å². The Morgan fingerprint density at radius 1 is 1.00 bits per heavy atom. The van der Waals surface area contributed by atoms with Crippen LogP contribution in [0.25, 0.3) is 22.4 Å². The number of nitrogens with zero attached hydrogens (tertiary/aromatic N) is 4. The second-order valence-corrected chi connectivity index (χ2v) is 15.9. The van der Waals surface area contributed by atoms with E-state index < -0.39 is 40.7 Å². The summed E-state index contributed by atoms with van der Waals surface area (Å²) < 4.78 is 82.4. The summed E-state index contributed by atoms with van der Waals surface area (Å²) >= 11 is 0. The van der Waals surface area contributed by atoms with Crippen LogP contribution in [-0.2, 0) is 23.6 Å². The van der Waals surface area contributed by atoms with Gasteiger partial charge in [-0.15, -0.1) is 0 Å². The van der Waals surface area contributed by atoms with E-state index in [1.54, 1.807) is 45.9 Å². The Kier molecular flexibility index (Phi) is 9.99. The third kappa shape index (κ3) is 8.02. The van der Waals surface area contributed by atoms with Gasteiger partial charge < -0.3 is 14.4 Å². The number of aromatic nitrogens is 4. The molecule has 0 aliphatic rings. The van der Waals surface area contributed by atoms with Crippen LogP contribution in [0.2, 0.25) is 0 Å². The van der Waals surface area contributed by atoms with Gasteiger partial charge in [0, 0.05) is 23.0 Å². The Balaban J connectivity index is 1.79. The highest BCUT2D eigenvalue weighted by Crippen LogP contribution is 2.52. The summed E-state index contributed by atoms with van der Waals surface area (Å²) in [6.45, 7) is 14.5. The number of hydrogen-bond acceptors (Lipinski definition) is 9. The molecule has 4 aromatic rings. The van der Waals surface area contributed by atoms with Gasteiger partial charge in [0.1, 0.15) is 5.82 Å². The Morgan fingerprint density at radius 2 is 1.62 bits per heavy atom. The fourth-order valence-corrected chi connectivity index (χ4v) is 7.49. The summed E-state index contributed by atoms with van der Waals surface area (Å²) in [7, 11) is -7.80. The van der Waals surface area contributed by atoms with Gasteiger partial charge in [0.05, 0.1) is 35.5 Å². The van der Waals surface area contributed by atoms with E-state index in [1.807, 2.05) is 27.7 Å². The SMILES string of the molecule is Cc1ccc(S(=O)(=O)n2cc(-c3ncc(F)c(NC(C=CP(=O)(OC(C)C)OC(C)C)C(C)(C)C)n3)c3cc(F)cnc32)cc1. The Labute approximate surface area is 262 Å². The summed E-state index contributed by atoms with van der Waals surface area (Å²) in [6.07, 6.45) is 3.93. The first-order valence-electron chi connectivity index (χ1n) is 14.3. The van der Waals surface area contributed by atoms with Gasteiger partial charge in [0.25, 0.3) is 10.0 Å². The highest BCUT2D eigenvalue weighted by molar-refractivity contribution is 7.90. The predicted molar refractivity (Wildman–Crippen MR) is 170 cm³/mol. The number of hydrogen-bond donors (Lipinski definition) is 1. The average molecular weight is 662 g/mol. The normalized spacial score (nSPS) is 13.8. The minimum Gasteiger partial charge on any atom is -0.361 e. The van der Waals surface area contributed by atoms with Crippen LogP contribution >= 0.6 is 7.60 Å². The monoisotopic (exact) mass is 661 g/mol. The highest BCUT2D eigenvalue weighted by atomic mass is 32.2. The van der Waals surface area contributed by atoms with E-state index in [4.69, 9.17) is 9.05 Å². The lowest BCUT2D eigenvalue weighted by Gasteiger charge is -2.30. The minimum absolute atomic E-state index is 0.00467. The van der Waals surface area contributed by atoms with Crippen molar-refractivity contribution in [3.05, 3.63) is 78.0 Å². The first-order valence-corrected chi connectivity index (χ1v) is 17.4. The van der Waals surface area contributed by atoms with Crippen molar-refractivity contribution in [2.75, 3.05) is 5.32 Å². The van der Waals surface area contributed by atoms with Gasteiger partial charge >= 0.3 is 7.60 Å². The molecule has 3 aromatic heterocycles. The smallest absolute Gasteiger partial charge is 0.354 e. The lowest BCUT2D eigenvalue weighted by molar-refractivity contribution is 0.149. The van der Waals surface area contributed by atoms with Crippen LogP contribution < -0.4 is 5.32 Å². The summed E-state index contributed by atoms with van der Waals surface area (Å²) in [5.41, 5.74) is 0.410. The average Bonchev–Trinajstić information content (AvgIpc) is 3.30. The molecule has 0 aliphatic carbocycles. The molecule has 1 atom stereocenters. The first kappa shape index (κ1) is 34.4. The van der Waals surface area contributed by atoms with Crippen molar-refractivity contribution >= 4 is 34.5 Å². The molecule has 0 fully saturated rings. The summed E-state index contributed by atoms with van der Waals surface area (Å²) in [5, 5.41) is 3.16. The van der Waals surface area contributed by atoms with Gasteiger partial charge in [-0.1, -0.05) is 44.5 Å². The van der Waals surface area contributed by atoms with Crippen molar-refractivity contribution in [1.82, 2.24) is 18.9 Å². The maximum Gasteiger partial charge on any atom is 0.354 e. The van der Waals surface area contributed by atoms with Crippen LogP contribution in [0, 0.1) is 24.0 Å². The molecule has 0 radical (unpaired) electrons. The van der Waals surface area contributed by atoms with E-state index in [9.17, 15) is 17.4 Å². The van der Waals surface area contributed by atoms with E-state index in [1.165, 1.54) is 24.1 Å². The zero-order chi connectivity index (χ0) is 33.3. The number of fused-ring (bicyclic) bond motifs is 1. The van der Waals surface area contributed by atoms with E-state index in [2.05, 4.69) is 20.3 Å². The molecule has 0 spiro atoms. The van der Waals surface area contributed by atoms with E-state index >= 15 is 4.39 Å². The molecule has 10 nitrogen and oxygen atoms in total. The maximum atomic E-state index is 15.2. The number of aryl methyl sites for hydroxylation is 1. The van der Waals surface area contributed by atoms with Gasteiger partial charge in [-0.2, -0.15) is 0 Å². The third-order valence-corrected chi connectivity index (χ3v) is 10.2. The third-order valence-electron chi connectivity index (χ3n) is 6.54. The van der Waals surface area contributed by atoms with Crippen molar-refractivity contribution in [2.45, 2.75) is 78.5 Å². The Hall–Kier alpha value is -3.51. The van der Waals surface area contributed by atoms with Crippen LogP contribution in [0.15, 0.2) is 65.7 Å². The second kappa shape index (κ2) is 13.1. The molecule has 4 rings (SSSR count).